The number of nitrogens with zero attached hydrogens (tertiary/aromatic N) is 5. The summed E-state index contributed by atoms with van der Waals surface area (Å²) in [6.45, 7) is 3.64. The molecule has 170 valence electrons. The second kappa shape index (κ2) is 10.8. The van der Waals surface area contributed by atoms with Gasteiger partial charge in [-0.15, -0.1) is 0 Å². The molecule has 1 saturated heterocycles. The number of nitrogens with one attached hydrogen (secondary N) is 1. The van der Waals surface area contributed by atoms with Crippen LogP contribution in [0.5, 0.6) is 0 Å². The molecule has 33 heavy (non-hydrogen) atoms. The van der Waals surface area contributed by atoms with Crippen LogP contribution in [0.15, 0.2) is 55.2 Å². The summed E-state index contributed by atoms with van der Waals surface area (Å²) in [6, 6.07) is 7.63. The highest BCUT2D eigenvalue weighted by Gasteiger charge is 2.28. The topological polar surface area (TPSA) is 101 Å². The summed E-state index contributed by atoms with van der Waals surface area (Å²) in [5.74, 6) is 0.706. The zero-order valence-electron chi connectivity index (χ0n) is 18.8. The van der Waals surface area contributed by atoms with Gasteiger partial charge in [0.1, 0.15) is 5.82 Å². The van der Waals surface area contributed by atoms with Gasteiger partial charge in [-0.25, -0.2) is 9.97 Å². The highest BCUT2D eigenvalue weighted by molar-refractivity contribution is 5.95. The Bertz CT molecular complexity index is 1080. The van der Waals surface area contributed by atoms with Crippen molar-refractivity contribution < 1.29 is 9.59 Å². The van der Waals surface area contributed by atoms with Gasteiger partial charge in [-0.05, 0) is 49.4 Å². The zero-order valence-corrected chi connectivity index (χ0v) is 18.8. The predicted octanol–water partition coefficient (Wildman–Crippen LogP) is 2.50. The number of hydrogen-bond acceptors (Lipinski definition) is 6. The monoisotopic (exact) mass is 444 g/mol. The van der Waals surface area contributed by atoms with Crippen molar-refractivity contribution in [2.24, 2.45) is 0 Å². The number of aromatic nitrogens is 4. The third-order valence-electron chi connectivity index (χ3n) is 5.92. The molecule has 1 N–H and O–H groups in total. The summed E-state index contributed by atoms with van der Waals surface area (Å²) in [5, 5.41) is 2.98. The minimum Gasteiger partial charge on any atom is -0.352 e. The van der Waals surface area contributed by atoms with Crippen molar-refractivity contribution in [3.63, 3.8) is 0 Å². The van der Waals surface area contributed by atoms with Gasteiger partial charge in [-0.3, -0.25) is 19.6 Å². The zero-order chi connectivity index (χ0) is 23.0. The maximum Gasteiger partial charge on any atom is 0.254 e. The number of carbonyl (C=O) groups is 2. The predicted molar refractivity (Wildman–Crippen MR) is 124 cm³/mol. The molecule has 0 saturated carbocycles. The molecule has 4 rings (SSSR count). The van der Waals surface area contributed by atoms with Crippen molar-refractivity contribution >= 4 is 11.8 Å². The quantitative estimate of drug-likeness (QED) is 0.601. The molecule has 0 atom stereocenters. The molecule has 4 heterocycles. The standard InChI is InChI=1S/C25H28N6O2/c1-18-29-17-22(25(33)28-11-6-19-4-2-9-26-15-19)24(30-18)21-7-12-31(13-8-21)23(32)14-20-5-3-10-27-16-20/h2-5,9-10,15-17,21H,6-8,11-14H2,1H3,(H,28,33). The molecule has 0 spiro atoms. The van der Waals surface area contributed by atoms with Gasteiger partial charge < -0.3 is 10.2 Å². The van der Waals surface area contributed by atoms with E-state index in [4.69, 9.17) is 0 Å². The first-order chi connectivity index (χ1) is 16.1. The Balaban J connectivity index is 1.36. The molecule has 0 bridgehead atoms. The highest BCUT2D eigenvalue weighted by atomic mass is 16.2. The fourth-order valence-electron chi connectivity index (χ4n) is 4.13. The number of hydrogen-bond donors (Lipinski definition) is 1. The molecule has 0 aliphatic carbocycles. The van der Waals surface area contributed by atoms with Gasteiger partial charge in [-0.2, -0.15) is 0 Å². The maximum absolute atomic E-state index is 12.9. The Morgan fingerprint density at radius 3 is 2.39 bits per heavy atom. The minimum absolute atomic E-state index is 0.105. The first kappa shape index (κ1) is 22.5. The molecule has 1 fully saturated rings. The molecule has 3 aromatic heterocycles. The number of piperidine rings is 1. The highest BCUT2D eigenvalue weighted by Crippen LogP contribution is 2.29. The van der Waals surface area contributed by atoms with Crippen LogP contribution in [0.3, 0.4) is 0 Å². The Hall–Kier alpha value is -3.68. The van der Waals surface area contributed by atoms with Crippen LogP contribution in [0.4, 0.5) is 0 Å². The maximum atomic E-state index is 12.9. The molecule has 3 aromatic rings. The summed E-state index contributed by atoms with van der Waals surface area (Å²) in [4.78, 5) is 44.6. The van der Waals surface area contributed by atoms with Gasteiger partial charge in [0, 0.05) is 56.5 Å². The van der Waals surface area contributed by atoms with E-state index in [9.17, 15) is 9.59 Å². The van der Waals surface area contributed by atoms with Crippen molar-refractivity contribution in [2.45, 2.75) is 38.5 Å². The molecule has 1 aliphatic heterocycles. The van der Waals surface area contributed by atoms with Gasteiger partial charge in [0.25, 0.3) is 5.91 Å². The van der Waals surface area contributed by atoms with Crippen LogP contribution in [0.1, 0.15) is 51.8 Å². The van der Waals surface area contributed by atoms with Crippen molar-refractivity contribution in [1.82, 2.24) is 30.2 Å². The number of rotatable bonds is 7. The number of carbonyl (C=O) groups excluding carboxylic acids is 2. The lowest BCUT2D eigenvalue weighted by Crippen LogP contribution is -2.39. The number of amides is 2. The summed E-state index contributed by atoms with van der Waals surface area (Å²) < 4.78 is 0. The second-order valence-corrected chi connectivity index (χ2v) is 8.28. The third kappa shape index (κ3) is 5.97. The van der Waals surface area contributed by atoms with Crippen molar-refractivity contribution in [2.75, 3.05) is 19.6 Å². The van der Waals surface area contributed by atoms with E-state index in [1.54, 1.807) is 31.0 Å². The molecule has 0 aromatic carbocycles. The first-order valence-electron chi connectivity index (χ1n) is 11.3. The second-order valence-electron chi connectivity index (χ2n) is 8.28. The van der Waals surface area contributed by atoms with Crippen molar-refractivity contribution in [3.05, 3.63) is 83.5 Å². The molecule has 2 amide bonds. The third-order valence-corrected chi connectivity index (χ3v) is 5.92. The summed E-state index contributed by atoms with van der Waals surface area (Å²) in [5.41, 5.74) is 3.29. The lowest BCUT2D eigenvalue weighted by molar-refractivity contribution is -0.131. The van der Waals surface area contributed by atoms with E-state index in [0.29, 0.717) is 43.9 Å². The fraction of sp³-hybridized carbons (Fsp3) is 0.360. The average Bonchev–Trinajstić information content (AvgIpc) is 2.85. The van der Waals surface area contributed by atoms with Gasteiger partial charge in [0.15, 0.2) is 0 Å². The Kier molecular flexibility index (Phi) is 7.34. The van der Waals surface area contributed by atoms with E-state index in [1.807, 2.05) is 36.1 Å². The van der Waals surface area contributed by atoms with E-state index in [0.717, 1.165) is 29.7 Å². The number of likely N-dealkylation sites (tertiary alicyclic amines) is 1. The largest absolute Gasteiger partial charge is 0.352 e. The van der Waals surface area contributed by atoms with Crippen molar-refractivity contribution in [1.29, 1.82) is 0 Å². The van der Waals surface area contributed by atoms with Crippen LogP contribution in [-0.2, 0) is 17.6 Å². The van der Waals surface area contributed by atoms with E-state index in [-0.39, 0.29) is 17.7 Å². The molecular weight excluding hydrogens is 416 g/mol. The van der Waals surface area contributed by atoms with Crippen LogP contribution in [0.2, 0.25) is 0 Å². The summed E-state index contributed by atoms with van der Waals surface area (Å²) in [6.07, 6.45) is 11.2. The molecular formula is C25H28N6O2. The summed E-state index contributed by atoms with van der Waals surface area (Å²) >= 11 is 0. The van der Waals surface area contributed by atoms with Crippen molar-refractivity contribution in [3.8, 4) is 0 Å². The van der Waals surface area contributed by atoms with Crippen LogP contribution < -0.4 is 5.32 Å². The van der Waals surface area contributed by atoms with Crippen LogP contribution in [0, 0.1) is 6.92 Å². The smallest absolute Gasteiger partial charge is 0.254 e. The minimum atomic E-state index is -0.163. The van der Waals surface area contributed by atoms with Gasteiger partial charge >= 0.3 is 0 Å². The average molecular weight is 445 g/mol. The molecule has 0 radical (unpaired) electrons. The van der Waals surface area contributed by atoms with Gasteiger partial charge in [-0.1, -0.05) is 12.1 Å². The first-order valence-corrected chi connectivity index (χ1v) is 11.3. The van der Waals surface area contributed by atoms with Crippen LogP contribution in [0.25, 0.3) is 0 Å². The van der Waals surface area contributed by atoms with E-state index < -0.39 is 0 Å². The molecule has 0 unspecified atom stereocenters. The molecule has 8 heteroatoms. The van der Waals surface area contributed by atoms with Gasteiger partial charge in [0.2, 0.25) is 5.91 Å². The number of pyridine rings is 2. The lowest BCUT2D eigenvalue weighted by atomic mass is 9.90. The van der Waals surface area contributed by atoms with Gasteiger partial charge in [0.05, 0.1) is 17.7 Å². The fourth-order valence-corrected chi connectivity index (χ4v) is 4.13. The SMILES string of the molecule is Cc1ncc(C(=O)NCCc2cccnc2)c(C2CCN(C(=O)Cc3cccnc3)CC2)n1. The Morgan fingerprint density at radius 2 is 1.73 bits per heavy atom. The van der Waals surface area contributed by atoms with E-state index in [1.165, 1.54) is 0 Å². The van der Waals surface area contributed by atoms with E-state index >= 15 is 0 Å². The Labute approximate surface area is 193 Å². The molecule has 1 aliphatic rings. The molecule has 8 nitrogen and oxygen atoms in total. The normalized spacial score (nSPS) is 14.2. The van der Waals surface area contributed by atoms with Crippen LogP contribution >= 0.6 is 0 Å². The van der Waals surface area contributed by atoms with E-state index in [2.05, 4.69) is 25.3 Å². The Morgan fingerprint density at radius 1 is 1.03 bits per heavy atom. The summed E-state index contributed by atoms with van der Waals surface area (Å²) in [7, 11) is 0. The number of aryl methyl sites for hydroxylation is 1. The van der Waals surface area contributed by atoms with Crippen LogP contribution in [-0.4, -0.2) is 56.3 Å². The lowest BCUT2D eigenvalue weighted by Gasteiger charge is -2.32.